The number of anilines is 1. The molecule has 1 amide bonds. The van der Waals surface area contributed by atoms with Gasteiger partial charge in [0.05, 0.1) is 0 Å². The fraction of sp³-hybridized carbons (Fsp3) is 0.346. The first-order valence-corrected chi connectivity index (χ1v) is 11.3. The van der Waals surface area contributed by atoms with Crippen LogP contribution in [-0.4, -0.2) is 65.4 Å². The number of hydrogen-bond donors (Lipinski definition) is 0. The van der Waals surface area contributed by atoms with Gasteiger partial charge in [-0.25, -0.2) is 9.97 Å². The van der Waals surface area contributed by atoms with Gasteiger partial charge in [-0.3, -0.25) is 4.79 Å². The van der Waals surface area contributed by atoms with Crippen LogP contribution in [0, 0.1) is 6.92 Å². The number of rotatable bonds is 6. The molecule has 0 atom stereocenters. The summed E-state index contributed by atoms with van der Waals surface area (Å²) in [7, 11) is 1.84. The molecule has 1 aromatic heterocycles. The number of carbonyl (C=O) groups is 1. The molecule has 1 fully saturated rings. The maximum atomic E-state index is 13.4. The first kappa shape index (κ1) is 22.0. The van der Waals surface area contributed by atoms with Crippen LogP contribution in [0.1, 0.15) is 28.4 Å². The zero-order valence-electron chi connectivity index (χ0n) is 19.2. The molecule has 3 aromatic rings. The molecule has 1 aliphatic rings. The summed E-state index contributed by atoms with van der Waals surface area (Å²) >= 11 is 0. The fourth-order valence-corrected chi connectivity index (χ4v) is 4.10. The number of benzene rings is 2. The van der Waals surface area contributed by atoms with Crippen molar-refractivity contribution in [3.8, 4) is 11.4 Å². The van der Waals surface area contributed by atoms with E-state index in [9.17, 15) is 4.79 Å². The van der Waals surface area contributed by atoms with Crippen molar-refractivity contribution < 1.29 is 4.79 Å². The van der Waals surface area contributed by atoms with E-state index in [2.05, 4.69) is 40.8 Å². The number of hydrogen-bond acceptors (Lipinski definition) is 5. The lowest BCUT2D eigenvalue weighted by molar-refractivity contribution is 0.0784. The second-order valence-electron chi connectivity index (χ2n) is 8.37. The van der Waals surface area contributed by atoms with Crippen molar-refractivity contribution in [2.75, 3.05) is 44.7 Å². The van der Waals surface area contributed by atoms with Crippen molar-refractivity contribution >= 4 is 11.7 Å². The Balaban J connectivity index is 1.66. The van der Waals surface area contributed by atoms with Crippen molar-refractivity contribution in [1.82, 2.24) is 19.8 Å². The first-order valence-electron chi connectivity index (χ1n) is 11.3. The van der Waals surface area contributed by atoms with Gasteiger partial charge in [0, 0.05) is 51.5 Å². The molecule has 166 valence electrons. The van der Waals surface area contributed by atoms with Gasteiger partial charge >= 0.3 is 0 Å². The van der Waals surface area contributed by atoms with Gasteiger partial charge in [-0.15, -0.1) is 0 Å². The molecule has 6 heteroatoms. The van der Waals surface area contributed by atoms with Crippen LogP contribution < -0.4 is 4.90 Å². The SMILES string of the molecule is CCN1CCN(c2nc(-c3cccc(C)c3)ncc2C(=O)N(C)Cc2ccccc2)CC1. The van der Waals surface area contributed by atoms with Crippen molar-refractivity contribution in [1.29, 1.82) is 0 Å². The molecule has 1 saturated heterocycles. The third-order valence-electron chi connectivity index (χ3n) is 6.00. The zero-order valence-corrected chi connectivity index (χ0v) is 19.2. The van der Waals surface area contributed by atoms with Gasteiger partial charge in [0.25, 0.3) is 5.91 Å². The highest BCUT2D eigenvalue weighted by Gasteiger charge is 2.25. The van der Waals surface area contributed by atoms with E-state index in [4.69, 9.17) is 4.98 Å². The zero-order chi connectivity index (χ0) is 22.5. The van der Waals surface area contributed by atoms with Crippen LogP contribution in [-0.2, 0) is 6.54 Å². The number of carbonyl (C=O) groups excluding carboxylic acids is 1. The molecule has 32 heavy (non-hydrogen) atoms. The molecule has 0 N–H and O–H groups in total. The topological polar surface area (TPSA) is 52.6 Å². The van der Waals surface area contributed by atoms with Crippen LogP contribution >= 0.6 is 0 Å². The second kappa shape index (κ2) is 9.92. The molecule has 6 nitrogen and oxygen atoms in total. The van der Waals surface area contributed by atoms with Crippen LogP contribution in [0.25, 0.3) is 11.4 Å². The number of aromatic nitrogens is 2. The second-order valence-corrected chi connectivity index (χ2v) is 8.37. The van der Waals surface area contributed by atoms with Gasteiger partial charge in [0.15, 0.2) is 5.82 Å². The van der Waals surface area contributed by atoms with E-state index in [1.807, 2.05) is 49.5 Å². The Labute approximate surface area is 190 Å². The minimum absolute atomic E-state index is 0.0578. The van der Waals surface area contributed by atoms with E-state index in [0.717, 1.165) is 55.2 Å². The number of nitrogens with zero attached hydrogens (tertiary/aromatic N) is 5. The Morgan fingerprint density at radius 3 is 2.47 bits per heavy atom. The largest absolute Gasteiger partial charge is 0.353 e. The Morgan fingerprint density at radius 2 is 1.78 bits per heavy atom. The van der Waals surface area contributed by atoms with Crippen LogP contribution in [0.4, 0.5) is 5.82 Å². The van der Waals surface area contributed by atoms with Gasteiger partial charge < -0.3 is 14.7 Å². The van der Waals surface area contributed by atoms with Crippen molar-refractivity contribution in [2.24, 2.45) is 0 Å². The highest BCUT2D eigenvalue weighted by atomic mass is 16.2. The minimum Gasteiger partial charge on any atom is -0.353 e. The van der Waals surface area contributed by atoms with Crippen molar-refractivity contribution in [3.05, 3.63) is 77.5 Å². The summed E-state index contributed by atoms with van der Waals surface area (Å²) in [6.45, 7) is 9.46. The van der Waals surface area contributed by atoms with E-state index < -0.39 is 0 Å². The van der Waals surface area contributed by atoms with Crippen molar-refractivity contribution in [3.63, 3.8) is 0 Å². The van der Waals surface area contributed by atoms with Gasteiger partial charge in [0.1, 0.15) is 11.4 Å². The lowest BCUT2D eigenvalue weighted by atomic mass is 10.1. The van der Waals surface area contributed by atoms with E-state index in [-0.39, 0.29) is 5.91 Å². The Morgan fingerprint density at radius 1 is 1.03 bits per heavy atom. The molecule has 4 rings (SSSR count). The minimum atomic E-state index is -0.0578. The first-order chi connectivity index (χ1) is 15.5. The molecular weight excluding hydrogens is 398 g/mol. The number of piperazine rings is 1. The van der Waals surface area contributed by atoms with E-state index >= 15 is 0 Å². The predicted molar refractivity (Wildman–Crippen MR) is 129 cm³/mol. The van der Waals surface area contributed by atoms with Crippen LogP contribution in [0.3, 0.4) is 0 Å². The summed E-state index contributed by atoms with van der Waals surface area (Å²) in [6, 6.07) is 18.2. The summed E-state index contributed by atoms with van der Waals surface area (Å²) in [5, 5.41) is 0. The van der Waals surface area contributed by atoms with E-state index in [0.29, 0.717) is 17.9 Å². The average Bonchev–Trinajstić information content (AvgIpc) is 2.84. The molecule has 2 heterocycles. The third-order valence-corrected chi connectivity index (χ3v) is 6.00. The number of aryl methyl sites for hydroxylation is 1. The number of amides is 1. The van der Waals surface area contributed by atoms with Crippen molar-refractivity contribution in [2.45, 2.75) is 20.4 Å². The summed E-state index contributed by atoms with van der Waals surface area (Å²) in [6.07, 6.45) is 1.70. The lowest BCUT2D eigenvalue weighted by Crippen LogP contribution is -2.47. The Kier molecular flexibility index (Phi) is 6.81. The smallest absolute Gasteiger partial charge is 0.259 e. The van der Waals surface area contributed by atoms with Gasteiger partial charge in [0.2, 0.25) is 0 Å². The molecular formula is C26H31N5O. The lowest BCUT2D eigenvalue weighted by Gasteiger charge is -2.35. The Bertz CT molecular complexity index is 1060. The molecule has 0 aliphatic carbocycles. The van der Waals surface area contributed by atoms with Crippen LogP contribution in [0.15, 0.2) is 60.8 Å². The molecule has 0 saturated carbocycles. The molecule has 1 aliphatic heterocycles. The highest BCUT2D eigenvalue weighted by Crippen LogP contribution is 2.25. The molecule has 0 spiro atoms. The molecule has 0 unspecified atom stereocenters. The van der Waals surface area contributed by atoms with E-state index in [1.54, 1.807) is 11.1 Å². The molecule has 0 radical (unpaired) electrons. The van der Waals surface area contributed by atoms with Gasteiger partial charge in [-0.2, -0.15) is 0 Å². The highest BCUT2D eigenvalue weighted by molar-refractivity contribution is 5.98. The normalized spacial score (nSPS) is 14.4. The monoisotopic (exact) mass is 429 g/mol. The standard InChI is InChI=1S/C26H31N5O/c1-4-30-13-15-31(16-14-30)25-23(26(32)29(3)19-21-10-6-5-7-11-21)18-27-24(28-25)22-12-8-9-20(2)17-22/h5-12,17-18H,4,13-16,19H2,1-3H3. The maximum Gasteiger partial charge on any atom is 0.259 e. The van der Waals surface area contributed by atoms with Gasteiger partial charge in [-0.05, 0) is 25.1 Å². The summed E-state index contributed by atoms with van der Waals surface area (Å²) in [5.74, 6) is 1.33. The average molecular weight is 430 g/mol. The third kappa shape index (κ3) is 4.97. The predicted octanol–water partition coefficient (Wildman–Crippen LogP) is 3.87. The van der Waals surface area contributed by atoms with Crippen LogP contribution in [0.2, 0.25) is 0 Å². The summed E-state index contributed by atoms with van der Waals surface area (Å²) in [5.41, 5.74) is 3.78. The quantitative estimate of drug-likeness (QED) is 0.596. The Hall–Kier alpha value is -3.25. The van der Waals surface area contributed by atoms with Crippen LogP contribution in [0.5, 0.6) is 0 Å². The molecule has 0 bridgehead atoms. The van der Waals surface area contributed by atoms with Gasteiger partial charge in [-0.1, -0.05) is 61.0 Å². The van der Waals surface area contributed by atoms with E-state index in [1.165, 1.54) is 0 Å². The summed E-state index contributed by atoms with van der Waals surface area (Å²) < 4.78 is 0. The maximum absolute atomic E-state index is 13.4. The fourth-order valence-electron chi connectivity index (χ4n) is 4.10. The molecule has 2 aromatic carbocycles. The summed E-state index contributed by atoms with van der Waals surface area (Å²) in [4.78, 5) is 29.3. The number of likely N-dealkylation sites (N-methyl/N-ethyl adjacent to an activating group) is 1.